The van der Waals surface area contributed by atoms with Gasteiger partial charge in [-0.3, -0.25) is 4.79 Å². The van der Waals surface area contributed by atoms with Gasteiger partial charge in [0.1, 0.15) is 0 Å². The minimum atomic E-state index is 0.0323. The molecule has 3 heteroatoms. The molecule has 0 radical (unpaired) electrons. The van der Waals surface area contributed by atoms with Crippen LogP contribution in [0.4, 0.5) is 0 Å². The monoisotopic (exact) mass is 289 g/mol. The molecular formula is C18H27NO2. The van der Waals surface area contributed by atoms with Crippen molar-refractivity contribution in [2.24, 2.45) is 17.8 Å². The highest BCUT2D eigenvalue weighted by Gasteiger charge is 2.30. The lowest BCUT2D eigenvalue weighted by Gasteiger charge is -2.35. The van der Waals surface area contributed by atoms with Gasteiger partial charge in [0.25, 0.3) is 0 Å². The zero-order chi connectivity index (χ0) is 15.2. The van der Waals surface area contributed by atoms with E-state index in [1.54, 1.807) is 0 Å². The van der Waals surface area contributed by atoms with E-state index in [2.05, 4.69) is 26.0 Å². The van der Waals surface area contributed by atoms with Crippen LogP contribution < -0.4 is 0 Å². The largest absolute Gasteiger partial charge is 0.396 e. The zero-order valence-corrected chi connectivity index (χ0v) is 13.2. The minimum absolute atomic E-state index is 0.0323. The summed E-state index contributed by atoms with van der Waals surface area (Å²) in [5, 5.41) is 9.34. The van der Waals surface area contributed by atoms with Gasteiger partial charge in [0.05, 0.1) is 0 Å². The van der Waals surface area contributed by atoms with Gasteiger partial charge >= 0.3 is 0 Å². The number of carbonyl (C=O) groups is 1. The highest BCUT2D eigenvalue weighted by atomic mass is 16.3. The third-order valence-corrected chi connectivity index (χ3v) is 4.51. The molecule has 1 aromatic carbocycles. The van der Waals surface area contributed by atoms with Crippen LogP contribution in [0.2, 0.25) is 0 Å². The Labute approximate surface area is 128 Å². The van der Waals surface area contributed by atoms with Gasteiger partial charge in [0.15, 0.2) is 0 Å². The van der Waals surface area contributed by atoms with Crippen molar-refractivity contribution in [1.82, 2.24) is 4.90 Å². The van der Waals surface area contributed by atoms with Gasteiger partial charge in [-0.2, -0.15) is 0 Å². The summed E-state index contributed by atoms with van der Waals surface area (Å²) in [6.07, 6.45) is 2.84. The number of carbonyl (C=O) groups excluding carboxylic acids is 1. The molecule has 21 heavy (non-hydrogen) atoms. The summed E-state index contributed by atoms with van der Waals surface area (Å²) < 4.78 is 0. The first-order chi connectivity index (χ1) is 10.1. The summed E-state index contributed by atoms with van der Waals surface area (Å²) in [5.41, 5.74) is 1.22. The SMILES string of the molecule is CC(C)C(Cc1ccccc1)C(=O)N1CCCC(CO)C1. The van der Waals surface area contributed by atoms with Gasteiger partial charge in [-0.15, -0.1) is 0 Å². The number of piperidine rings is 1. The average molecular weight is 289 g/mol. The molecule has 3 nitrogen and oxygen atoms in total. The van der Waals surface area contributed by atoms with E-state index in [1.165, 1.54) is 5.56 Å². The van der Waals surface area contributed by atoms with Crippen molar-refractivity contribution in [3.05, 3.63) is 35.9 Å². The quantitative estimate of drug-likeness (QED) is 0.905. The topological polar surface area (TPSA) is 40.5 Å². The molecule has 2 rings (SSSR count). The Balaban J connectivity index is 2.05. The van der Waals surface area contributed by atoms with Gasteiger partial charge in [0, 0.05) is 25.6 Å². The number of hydrogen-bond acceptors (Lipinski definition) is 2. The second-order valence-electron chi connectivity index (χ2n) is 6.52. The molecule has 1 saturated heterocycles. The second-order valence-corrected chi connectivity index (χ2v) is 6.52. The molecular weight excluding hydrogens is 262 g/mol. The first-order valence-corrected chi connectivity index (χ1v) is 8.05. The summed E-state index contributed by atoms with van der Waals surface area (Å²) in [5.74, 6) is 0.872. The lowest BCUT2D eigenvalue weighted by Crippen LogP contribution is -2.45. The molecule has 0 bridgehead atoms. The first-order valence-electron chi connectivity index (χ1n) is 8.05. The molecule has 0 aliphatic carbocycles. The molecule has 116 valence electrons. The average Bonchev–Trinajstić information content (AvgIpc) is 2.52. The summed E-state index contributed by atoms with van der Waals surface area (Å²) >= 11 is 0. The molecule has 1 amide bonds. The fraction of sp³-hybridized carbons (Fsp3) is 0.611. The molecule has 1 fully saturated rings. The maximum Gasteiger partial charge on any atom is 0.226 e. The van der Waals surface area contributed by atoms with E-state index in [0.29, 0.717) is 12.5 Å². The summed E-state index contributed by atoms with van der Waals surface area (Å²) in [6.45, 7) is 5.99. The number of rotatable bonds is 5. The molecule has 2 unspecified atom stereocenters. The van der Waals surface area contributed by atoms with Gasteiger partial charge in [0.2, 0.25) is 5.91 Å². The van der Waals surface area contributed by atoms with Crippen LogP contribution >= 0.6 is 0 Å². The zero-order valence-electron chi connectivity index (χ0n) is 13.2. The van der Waals surface area contributed by atoms with Crippen molar-refractivity contribution in [3.8, 4) is 0 Å². The molecule has 0 aromatic heterocycles. The fourth-order valence-corrected chi connectivity index (χ4v) is 3.12. The molecule has 1 heterocycles. The van der Waals surface area contributed by atoms with Gasteiger partial charge in [-0.1, -0.05) is 44.2 Å². The molecule has 0 spiro atoms. The predicted octanol–water partition coefficient (Wildman–Crippen LogP) is 2.73. The van der Waals surface area contributed by atoms with Crippen LogP contribution in [0, 0.1) is 17.8 Å². The second kappa shape index (κ2) is 7.60. The van der Waals surface area contributed by atoms with Crippen molar-refractivity contribution in [2.75, 3.05) is 19.7 Å². The summed E-state index contributed by atoms with van der Waals surface area (Å²) in [4.78, 5) is 14.8. The molecule has 1 aliphatic heterocycles. The molecule has 1 aromatic rings. The smallest absolute Gasteiger partial charge is 0.226 e. The van der Waals surface area contributed by atoms with Crippen molar-refractivity contribution < 1.29 is 9.90 Å². The van der Waals surface area contributed by atoms with E-state index in [-0.39, 0.29) is 24.3 Å². The number of amides is 1. The first kappa shape index (κ1) is 16.0. The van der Waals surface area contributed by atoms with Crippen LogP contribution in [-0.4, -0.2) is 35.6 Å². The van der Waals surface area contributed by atoms with Gasteiger partial charge in [-0.25, -0.2) is 0 Å². The van der Waals surface area contributed by atoms with Crippen molar-refractivity contribution in [2.45, 2.75) is 33.1 Å². The van der Waals surface area contributed by atoms with Crippen LogP contribution in [-0.2, 0) is 11.2 Å². The van der Waals surface area contributed by atoms with Crippen LogP contribution in [0.15, 0.2) is 30.3 Å². The van der Waals surface area contributed by atoms with Crippen LogP contribution in [0.5, 0.6) is 0 Å². The Bertz CT molecular complexity index is 444. The van der Waals surface area contributed by atoms with Crippen molar-refractivity contribution >= 4 is 5.91 Å². The number of aliphatic hydroxyl groups is 1. The summed E-state index contributed by atoms with van der Waals surface area (Å²) in [6, 6.07) is 10.2. The minimum Gasteiger partial charge on any atom is -0.396 e. The van der Waals surface area contributed by atoms with Gasteiger partial charge in [-0.05, 0) is 36.7 Å². The van der Waals surface area contributed by atoms with Crippen molar-refractivity contribution in [3.63, 3.8) is 0 Å². The number of benzene rings is 1. The molecule has 1 N–H and O–H groups in total. The number of likely N-dealkylation sites (tertiary alicyclic amines) is 1. The van der Waals surface area contributed by atoms with E-state index >= 15 is 0 Å². The normalized spacial score (nSPS) is 20.6. The third kappa shape index (κ3) is 4.31. The maximum absolute atomic E-state index is 12.8. The Morgan fingerprint density at radius 2 is 2.05 bits per heavy atom. The Kier molecular flexibility index (Phi) is 5.80. The highest BCUT2D eigenvalue weighted by molar-refractivity contribution is 5.79. The number of aliphatic hydroxyl groups excluding tert-OH is 1. The Morgan fingerprint density at radius 3 is 2.67 bits per heavy atom. The predicted molar refractivity (Wildman–Crippen MR) is 84.9 cm³/mol. The lowest BCUT2D eigenvalue weighted by molar-refractivity contribution is -0.139. The van der Waals surface area contributed by atoms with E-state index in [9.17, 15) is 9.90 Å². The molecule has 0 saturated carbocycles. The van der Waals surface area contributed by atoms with E-state index < -0.39 is 0 Å². The molecule has 1 aliphatic rings. The summed E-state index contributed by atoms with van der Waals surface area (Å²) in [7, 11) is 0. The van der Waals surface area contributed by atoms with Gasteiger partial charge < -0.3 is 10.0 Å². The van der Waals surface area contributed by atoms with E-state index in [4.69, 9.17) is 0 Å². The number of hydrogen-bond donors (Lipinski definition) is 1. The maximum atomic E-state index is 12.8. The van der Waals surface area contributed by atoms with Crippen LogP contribution in [0.25, 0.3) is 0 Å². The van der Waals surface area contributed by atoms with Crippen LogP contribution in [0.3, 0.4) is 0 Å². The Hall–Kier alpha value is -1.35. The van der Waals surface area contributed by atoms with E-state index in [0.717, 1.165) is 25.8 Å². The highest BCUT2D eigenvalue weighted by Crippen LogP contribution is 2.24. The van der Waals surface area contributed by atoms with Crippen LogP contribution in [0.1, 0.15) is 32.3 Å². The standard InChI is InChI=1S/C18H27NO2/c1-14(2)17(11-15-7-4-3-5-8-15)18(21)19-10-6-9-16(12-19)13-20/h3-5,7-8,14,16-17,20H,6,9-13H2,1-2H3. The Morgan fingerprint density at radius 1 is 1.33 bits per heavy atom. The van der Waals surface area contributed by atoms with Crippen molar-refractivity contribution in [1.29, 1.82) is 0 Å². The molecule has 2 atom stereocenters. The fourth-order valence-electron chi connectivity index (χ4n) is 3.12. The third-order valence-electron chi connectivity index (χ3n) is 4.51. The number of nitrogens with zero attached hydrogens (tertiary/aromatic N) is 1. The lowest BCUT2D eigenvalue weighted by atomic mass is 9.87. The van der Waals surface area contributed by atoms with E-state index in [1.807, 2.05) is 23.1 Å².